The summed E-state index contributed by atoms with van der Waals surface area (Å²) in [5, 5.41) is 6.34. The molecule has 0 fully saturated rings. The minimum Gasteiger partial charge on any atom is -0.456 e. The molecule has 0 atom stereocenters. The van der Waals surface area contributed by atoms with Crippen LogP contribution in [0.5, 0.6) is 0 Å². The quantitative estimate of drug-likeness (QED) is 0.176. The first-order chi connectivity index (χ1) is 28.2. The number of hydrogen-bond acceptors (Lipinski definition) is 5. The van der Waals surface area contributed by atoms with Crippen molar-refractivity contribution in [1.82, 2.24) is 19.5 Å². The Morgan fingerprint density at radius 3 is 1.74 bits per heavy atom. The summed E-state index contributed by atoms with van der Waals surface area (Å²) in [6, 6.07) is 62.6. The van der Waals surface area contributed by atoms with Crippen molar-refractivity contribution in [2.45, 2.75) is 0 Å². The van der Waals surface area contributed by atoms with E-state index in [9.17, 15) is 0 Å². The summed E-state index contributed by atoms with van der Waals surface area (Å²) >= 11 is 0. The standard InChI is InChI=1S/C51H30N4O2/c1-4-14-31(15-5-1)34-24-27-42-41(28-34)37-25-26-38-36-20-10-12-22-43(36)57-48(38)47(37)55(42)51-53-49(33-18-8-3-9-19-33)52-50(54-51)35-29-40(32-16-6-2-7-17-32)46-39-21-11-13-23-44(39)56-45(46)30-35/h1-30H. The van der Waals surface area contributed by atoms with Crippen LogP contribution in [-0.4, -0.2) is 19.5 Å². The number of para-hydroxylation sites is 2. The third-order valence-corrected chi connectivity index (χ3v) is 11.1. The van der Waals surface area contributed by atoms with E-state index in [0.29, 0.717) is 17.6 Å². The van der Waals surface area contributed by atoms with Gasteiger partial charge in [0.05, 0.1) is 5.52 Å². The van der Waals surface area contributed by atoms with Crippen molar-refractivity contribution >= 4 is 65.7 Å². The summed E-state index contributed by atoms with van der Waals surface area (Å²) < 4.78 is 15.4. The van der Waals surface area contributed by atoms with Crippen molar-refractivity contribution in [2.75, 3.05) is 0 Å². The molecule has 0 aliphatic heterocycles. The maximum absolute atomic E-state index is 6.74. The van der Waals surface area contributed by atoms with Crippen LogP contribution in [-0.2, 0) is 0 Å². The van der Waals surface area contributed by atoms with Gasteiger partial charge in [0.1, 0.15) is 22.3 Å². The summed E-state index contributed by atoms with van der Waals surface area (Å²) in [5.74, 6) is 1.59. The lowest BCUT2D eigenvalue weighted by atomic mass is 9.97. The SMILES string of the molecule is c1ccc(-c2ccc3c(c2)c2ccc4c5ccccc5oc4c2n3-c2nc(-c3ccccc3)nc(-c3cc(-c4ccccc4)c4c(c3)oc3ccccc34)n2)cc1. The number of nitrogens with zero attached hydrogens (tertiary/aromatic N) is 4. The Labute approximate surface area is 325 Å². The zero-order valence-corrected chi connectivity index (χ0v) is 30.4. The maximum atomic E-state index is 6.74. The monoisotopic (exact) mass is 730 g/mol. The van der Waals surface area contributed by atoms with E-state index < -0.39 is 0 Å². The third-order valence-electron chi connectivity index (χ3n) is 11.1. The maximum Gasteiger partial charge on any atom is 0.238 e. The predicted molar refractivity (Wildman–Crippen MR) is 230 cm³/mol. The van der Waals surface area contributed by atoms with Gasteiger partial charge in [-0.2, -0.15) is 9.97 Å². The Hall–Kier alpha value is -7.83. The molecule has 4 aromatic heterocycles. The van der Waals surface area contributed by atoms with Gasteiger partial charge >= 0.3 is 0 Å². The number of rotatable bonds is 5. The van der Waals surface area contributed by atoms with Gasteiger partial charge in [-0.15, -0.1) is 0 Å². The van der Waals surface area contributed by atoms with Crippen molar-refractivity contribution in [3.8, 4) is 51.0 Å². The van der Waals surface area contributed by atoms with Crippen LogP contribution >= 0.6 is 0 Å². The summed E-state index contributed by atoms with van der Waals surface area (Å²) in [6.07, 6.45) is 0. The van der Waals surface area contributed by atoms with Crippen LogP contribution in [0, 0.1) is 0 Å². The molecule has 12 rings (SSSR count). The Kier molecular flexibility index (Phi) is 6.83. The van der Waals surface area contributed by atoms with E-state index in [2.05, 4.69) is 120 Å². The number of hydrogen-bond donors (Lipinski definition) is 0. The molecule has 0 amide bonds. The van der Waals surface area contributed by atoms with E-state index in [0.717, 1.165) is 99.1 Å². The Morgan fingerprint density at radius 1 is 0.368 bits per heavy atom. The number of furan rings is 2. The molecule has 0 bridgehead atoms. The lowest BCUT2D eigenvalue weighted by Gasteiger charge is -2.12. The van der Waals surface area contributed by atoms with Crippen LogP contribution in [0.15, 0.2) is 191 Å². The second-order valence-electron chi connectivity index (χ2n) is 14.4. The molecular weight excluding hydrogens is 701 g/mol. The van der Waals surface area contributed by atoms with E-state index in [1.807, 2.05) is 66.7 Å². The van der Waals surface area contributed by atoms with Crippen LogP contribution < -0.4 is 0 Å². The van der Waals surface area contributed by atoms with Crippen molar-refractivity contribution in [3.05, 3.63) is 182 Å². The molecule has 0 saturated heterocycles. The van der Waals surface area contributed by atoms with Gasteiger partial charge in [0, 0.05) is 43.4 Å². The van der Waals surface area contributed by atoms with E-state index in [1.165, 1.54) is 0 Å². The Bertz CT molecular complexity index is 3510. The predicted octanol–water partition coefficient (Wildman–Crippen LogP) is 13.4. The van der Waals surface area contributed by atoms with E-state index in [4.69, 9.17) is 23.8 Å². The minimum absolute atomic E-state index is 0.491. The molecule has 12 aromatic rings. The zero-order valence-electron chi connectivity index (χ0n) is 30.4. The molecule has 6 nitrogen and oxygen atoms in total. The molecule has 0 N–H and O–H groups in total. The third kappa shape index (κ3) is 4.94. The van der Waals surface area contributed by atoms with Crippen LogP contribution in [0.25, 0.3) is 117 Å². The fourth-order valence-corrected chi connectivity index (χ4v) is 8.44. The zero-order chi connectivity index (χ0) is 37.5. The molecule has 266 valence electrons. The second kappa shape index (κ2) is 12.3. The highest BCUT2D eigenvalue weighted by molar-refractivity contribution is 6.22. The molecule has 0 spiro atoms. The van der Waals surface area contributed by atoms with Crippen molar-refractivity contribution in [2.24, 2.45) is 0 Å². The van der Waals surface area contributed by atoms with Gasteiger partial charge in [-0.05, 0) is 64.7 Å². The number of fused-ring (bicyclic) bond motifs is 10. The highest BCUT2D eigenvalue weighted by atomic mass is 16.3. The molecule has 4 heterocycles. The minimum atomic E-state index is 0.491. The normalized spacial score (nSPS) is 11.9. The van der Waals surface area contributed by atoms with Gasteiger partial charge in [0.2, 0.25) is 5.95 Å². The largest absolute Gasteiger partial charge is 0.456 e. The van der Waals surface area contributed by atoms with Crippen LogP contribution in [0.2, 0.25) is 0 Å². The molecule has 8 aromatic carbocycles. The molecular formula is C51H30N4O2. The summed E-state index contributed by atoms with van der Waals surface area (Å²) in [4.78, 5) is 15.8. The molecule has 0 unspecified atom stereocenters. The van der Waals surface area contributed by atoms with Gasteiger partial charge < -0.3 is 8.83 Å². The van der Waals surface area contributed by atoms with Gasteiger partial charge in [0.25, 0.3) is 0 Å². The highest BCUT2D eigenvalue weighted by Crippen LogP contribution is 2.43. The Balaban J connectivity index is 1.19. The lowest BCUT2D eigenvalue weighted by molar-refractivity contribution is 0.669. The van der Waals surface area contributed by atoms with E-state index in [1.54, 1.807) is 0 Å². The van der Waals surface area contributed by atoms with Crippen LogP contribution in [0.4, 0.5) is 0 Å². The molecule has 0 aliphatic rings. The van der Waals surface area contributed by atoms with Crippen LogP contribution in [0.1, 0.15) is 0 Å². The van der Waals surface area contributed by atoms with Gasteiger partial charge in [-0.1, -0.05) is 140 Å². The van der Waals surface area contributed by atoms with E-state index in [-0.39, 0.29) is 0 Å². The first-order valence-corrected chi connectivity index (χ1v) is 19.0. The van der Waals surface area contributed by atoms with Gasteiger partial charge in [-0.3, -0.25) is 4.57 Å². The smallest absolute Gasteiger partial charge is 0.238 e. The average molecular weight is 731 g/mol. The first-order valence-electron chi connectivity index (χ1n) is 19.0. The number of aromatic nitrogens is 4. The first kappa shape index (κ1) is 31.5. The molecule has 0 radical (unpaired) electrons. The Morgan fingerprint density at radius 2 is 0.982 bits per heavy atom. The molecule has 57 heavy (non-hydrogen) atoms. The summed E-state index contributed by atoms with van der Waals surface area (Å²) in [6.45, 7) is 0. The topological polar surface area (TPSA) is 69.9 Å². The van der Waals surface area contributed by atoms with Crippen molar-refractivity contribution < 1.29 is 8.83 Å². The molecule has 0 aliphatic carbocycles. The average Bonchev–Trinajstić information content (AvgIpc) is 3.96. The van der Waals surface area contributed by atoms with Gasteiger partial charge in [0.15, 0.2) is 17.2 Å². The second-order valence-corrected chi connectivity index (χ2v) is 14.4. The summed E-state index contributed by atoms with van der Waals surface area (Å²) in [5.41, 5.74) is 11.2. The highest BCUT2D eigenvalue weighted by Gasteiger charge is 2.24. The fourth-order valence-electron chi connectivity index (χ4n) is 8.44. The summed E-state index contributed by atoms with van der Waals surface area (Å²) in [7, 11) is 0. The van der Waals surface area contributed by atoms with Crippen LogP contribution in [0.3, 0.4) is 0 Å². The van der Waals surface area contributed by atoms with Gasteiger partial charge in [-0.25, -0.2) is 4.98 Å². The van der Waals surface area contributed by atoms with E-state index >= 15 is 0 Å². The molecule has 6 heteroatoms. The molecule has 0 saturated carbocycles. The van der Waals surface area contributed by atoms with Crippen molar-refractivity contribution in [1.29, 1.82) is 0 Å². The fraction of sp³-hybridized carbons (Fsp3) is 0. The lowest BCUT2D eigenvalue weighted by Crippen LogP contribution is -2.06. The van der Waals surface area contributed by atoms with Crippen molar-refractivity contribution in [3.63, 3.8) is 0 Å². The number of benzene rings is 8.